The number of hydrogen-bond acceptors (Lipinski definition) is 3. The lowest BCUT2D eigenvalue weighted by Crippen LogP contribution is -2.36. The fourth-order valence-electron chi connectivity index (χ4n) is 3.38. The zero-order valence-corrected chi connectivity index (χ0v) is 13.7. The number of nitrogens with one attached hydrogen (secondary N) is 1. The molecule has 0 radical (unpaired) electrons. The van der Waals surface area contributed by atoms with Crippen molar-refractivity contribution in [3.63, 3.8) is 0 Å². The van der Waals surface area contributed by atoms with Crippen LogP contribution in [0.5, 0.6) is 5.75 Å². The van der Waals surface area contributed by atoms with Crippen molar-refractivity contribution < 1.29 is 9.53 Å². The molecule has 0 fully saturated rings. The summed E-state index contributed by atoms with van der Waals surface area (Å²) in [4.78, 5) is 21.9. The summed E-state index contributed by atoms with van der Waals surface area (Å²) < 4.78 is 7.55. The van der Waals surface area contributed by atoms with Gasteiger partial charge in [-0.2, -0.15) is 0 Å². The molecule has 0 atom stereocenters. The maximum atomic E-state index is 12.6. The topological polar surface area (TPSA) is 63.1 Å². The molecule has 3 heterocycles. The van der Waals surface area contributed by atoms with Gasteiger partial charge < -0.3 is 19.2 Å². The molecule has 3 aromatic rings. The molecule has 124 valence electrons. The van der Waals surface area contributed by atoms with Crippen LogP contribution >= 0.6 is 0 Å². The number of rotatable bonds is 4. The second kappa shape index (κ2) is 6.03. The number of benzene rings is 1. The number of nitrogens with zero attached hydrogens (tertiary/aromatic N) is 3. The van der Waals surface area contributed by atoms with E-state index in [4.69, 9.17) is 4.74 Å². The lowest BCUT2D eigenvalue weighted by atomic mass is 10.1. The quantitative estimate of drug-likeness (QED) is 0.801. The number of methoxy groups -OCH3 is 1. The zero-order valence-electron chi connectivity index (χ0n) is 13.7. The first kappa shape index (κ1) is 14.8. The maximum Gasteiger partial charge on any atom is 0.224 e. The standard InChI is InChI=1S/C18H20N4O2/c1-24-16-4-2-3-13-5-8-21(18(13)16)10-7-17(23)22-9-6-14-15(11-22)20-12-19-14/h2-5,8,12H,6-7,9-11H2,1H3,(H,19,20). The molecule has 0 saturated heterocycles. The van der Waals surface area contributed by atoms with Gasteiger partial charge in [0.05, 0.1) is 36.9 Å². The highest BCUT2D eigenvalue weighted by atomic mass is 16.5. The van der Waals surface area contributed by atoms with Crippen LogP contribution in [0.1, 0.15) is 17.8 Å². The number of H-pyrrole nitrogens is 1. The molecule has 1 N–H and O–H groups in total. The normalized spacial score (nSPS) is 14.0. The van der Waals surface area contributed by atoms with E-state index in [0.717, 1.165) is 41.0 Å². The van der Waals surface area contributed by atoms with E-state index in [1.807, 2.05) is 23.2 Å². The lowest BCUT2D eigenvalue weighted by molar-refractivity contribution is -0.132. The molecule has 1 aliphatic heterocycles. The third kappa shape index (κ3) is 2.54. The van der Waals surface area contributed by atoms with Gasteiger partial charge in [-0.3, -0.25) is 4.79 Å². The Labute approximate surface area is 140 Å². The van der Waals surface area contributed by atoms with Gasteiger partial charge in [-0.15, -0.1) is 0 Å². The summed E-state index contributed by atoms with van der Waals surface area (Å²) in [5.74, 6) is 1.01. The Bertz CT molecular complexity index is 880. The average molecular weight is 324 g/mol. The first-order valence-electron chi connectivity index (χ1n) is 8.17. The summed E-state index contributed by atoms with van der Waals surface area (Å²) in [6, 6.07) is 8.04. The highest BCUT2D eigenvalue weighted by Crippen LogP contribution is 2.26. The number of aromatic amines is 1. The summed E-state index contributed by atoms with van der Waals surface area (Å²) in [7, 11) is 1.67. The van der Waals surface area contributed by atoms with Crippen LogP contribution in [-0.2, 0) is 24.3 Å². The van der Waals surface area contributed by atoms with E-state index >= 15 is 0 Å². The summed E-state index contributed by atoms with van der Waals surface area (Å²) in [5, 5.41) is 1.13. The molecule has 0 aliphatic carbocycles. The van der Waals surface area contributed by atoms with E-state index in [2.05, 4.69) is 26.7 Å². The number of amides is 1. The van der Waals surface area contributed by atoms with Crippen LogP contribution in [0.15, 0.2) is 36.8 Å². The fraction of sp³-hybridized carbons (Fsp3) is 0.333. The van der Waals surface area contributed by atoms with Crippen molar-refractivity contribution in [1.29, 1.82) is 0 Å². The molecule has 6 heteroatoms. The molecule has 24 heavy (non-hydrogen) atoms. The highest BCUT2D eigenvalue weighted by molar-refractivity contribution is 5.86. The summed E-state index contributed by atoms with van der Waals surface area (Å²) in [5.41, 5.74) is 3.19. The third-order valence-corrected chi connectivity index (χ3v) is 4.67. The number of aryl methyl sites for hydroxylation is 1. The number of carbonyl (C=O) groups excluding carboxylic acids is 1. The fourth-order valence-corrected chi connectivity index (χ4v) is 3.38. The molecule has 6 nitrogen and oxygen atoms in total. The van der Waals surface area contributed by atoms with E-state index in [1.54, 1.807) is 13.4 Å². The Morgan fingerprint density at radius 3 is 3.17 bits per heavy atom. The molecular formula is C18H20N4O2. The molecule has 0 saturated carbocycles. The number of hydrogen-bond donors (Lipinski definition) is 1. The second-order valence-electron chi connectivity index (χ2n) is 6.05. The van der Waals surface area contributed by atoms with E-state index in [0.29, 0.717) is 19.5 Å². The van der Waals surface area contributed by atoms with E-state index < -0.39 is 0 Å². The number of ether oxygens (including phenoxy) is 1. The highest BCUT2D eigenvalue weighted by Gasteiger charge is 2.22. The average Bonchev–Trinajstić information content (AvgIpc) is 3.25. The Morgan fingerprint density at radius 1 is 1.38 bits per heavy atom. The molecule has 0 spiro atoms. The van der Waals surface area contributed by atoms with Crippen molar-refractivity contribution in [3.05, 3.63) is 48.2 Å². The van der Waals surface area contributed by atoms with Crippen LogP contribution in [0.2, 0.25) is 0 Å². The van der Waals surface area contributed by atoms with E-state index in [9.17, 15) is 4.79 Å². The SMILES string of the molecule is COc1cccc2ccn(CCC(=O)N3CCc4nc[nH]c4C3)c12. The van der Waals surface area contributed by atoms with Crippen molar-refractivity contribution in [2.75, 3.05) is 13.7 Å². The van der Waals surface area contributed by atoms with E-state index in [-0.39, 0.29) is 5.91 Å². The van der Waals surface area contributed by atoms with Crippen molar-refractivity contribution in [3.8, 4) is 5.75 Å². The Hall–Kier alpha value is -2.76. The van der Waals surface area contributed by atoms with Crippen molar-refractivity contribution in [1.82, 2.24) is 19.4 Å². The minimum Gasteiger partial charge on any atom is -0.495 e. The van der Waals surface area contributed by atoms with Crippen molar-refractivity contribution >= 4 is 16.8 Å². The summed E-state index contributed by atoms with van der Waals surface area (Å²) >= 11 is 0. The Kier molecular flexibility index (Phi) is 3.72. The van der Waals surface area contributed by atoms with Gasteiger partial charge in [0.25, 0.3) is 0 Å². The summed E-state index contributed by atoms with van der Waals surface area (Å²) in [6.45, 7) is 2.02. The van der Waals surface area contributed by atoms with Gasteiger partial charge in [-0.05, 0) is 12.1 Å². The minimum atomic E-state index is 0.173. The largest absolute Gasteiger partial charge is 0.495 e. The van der Waals surface area contributed by atoms with Crippen LogP contribution in [0.25, 0.3) is 10.9 Å². The molecule has 1 amide bonds. The Balaban J connectivity index is 1.47. The van der Waals surface area contributed by atoms with E-state index in [1.165, 1.54) is 0 Å². The van der Waals surface area contributed by atoms with Gasteiger partial charge in [0, 0.05) is 37.5 Å². The van der Waals surface area contributed by atoms with Crippen LogP contribution in [0, 0.1) is 0 Å². The molecule has 2 aromatic heterocycles. The van der Waals surface area contributed by atoms with Gasteiger partial charge in [0.15, 0.2) is 0 Å². The minimum absolute atomic E-state index is 0.173. The number of imidazole rings is 1. The number of aromatic nitrogens is 3. The second-order valence-corrected chi connectivity index (χ2v) is 6.05. The van der Waals surface area contributed by atoms with Gasteiger partial charge in [0.2, 0.25) is 5.91 Å². The smallest absolute Gasteiger partial charge is 0.224 e. The maximum absolute atomic E-state index is 12.6. The molecule has 1 aromatic carbocycles. The molecule has 0 unspecified atom stereocenters. The first-order chi connectivity index (χ1) is 11.8. The van der Waals surface area contributed by atoms with Gasteiger partial charge in [-0.25, -0.2) is 4.98 Å². The van der Waals surface area contributed by atoms with Gasteiger partial charge in [-0.1, -0.05) is 12.1 Å². The third-order valence-electron chi connectivity index (χ3n) is 4.67. The monoisotopic (exact) mass is 324 g/mol. The summed E-state index contributed by atoms with van der Waals surface area (Å²) in [6.07, 6.45) is 5.02. The molecule has 1 aliphatic rings. The predicted molar refractivity (Wildman–Crippen MR) is 90.8 cm³/mol. The van der Waals surface area contributed by atoms with Crippen LogP contribution in [0.4, 0.5) is 0 Å². The van der Waals surface area contributed by atoms with Gasteiger partial charge >= 0.3 is 0 Å². The van der Waals surface area contributed by atoms with Gasteiger partial charge in [0.1, 0.15) is 5.75 Å². The number of carbonyl (C=O) groups is 1. The molecular weight excluding hydrogens is 304 g/mol. The Morgan fingerprint density at radius 2 is 2.29 bits per heavy atom. The number of fused-ring (bicyclic) bond motifs is 2. The van der Waals surface area contributed by atoms with Crippen LogP contribution in [-0.4, -0.2) is 39.0 Å². The zero-order chi connectivity index (χ0) is 16.5. The van der Waals surface area contributed by atoms with Crippen molar-refractivity contribution in [2.45, 2.75) is 25.9 Å². The van der Waals surface area contributed by atoms with Crippen LogP contribution in [0.3, 0.4) is 0 Å². The predicted octanol–water partition coefficient (Wildman–Crippen LogP) is 2.35. The molecule has 4 rings (SSSR count). The molecule has 0 bridgehead atoms. The van der Waals surface area contributed by atoms with Crippen molar-refractivity contribution in [2.24, 2.45) is 0 Å². The lowest BCUT2D eigenvalue weighted by Gasteiger charge is -2.26. The first-order valence-corrected chi connectivity index (χ1v) is 8.17. The van der Waals surface area contributed by atoms with Crippen LogP contribution < -0.4 is 4.74 Å². The number of para-hydroxylation sites is 1.